The molecule has 0 saturated carbocycles. The van der Waals surface area contributed by atoms with Crippen molar-refractivity contribution in [3.05, 3.63) is 43.0 Å². The highest BCUT2D eigenvalue weighted by molar-refractivity contribution is 9.12. The second-order valence-electron chi connectivity index (χ2n) is 4.76. The Balaban J connectivity index is 1.98. The van der Waals surface area contributed by atoms with E-state index in [1.54, 1.807) is 11.3 Å². The van der Waals surface area contributed by atoms with Gasteiger partial charge in [-0.2, -0.15) is 0 Å². The van der Waals surface area contributed by atoms with E-state index in [0.717, 1.165) is 31.1 Å². The fourth-order valence-electron chi connectivity index (χ4n) is 2.41. The molecule has 0 spiro atoms. The van der Waals surface area contributed by atoms with Gasteiger partial charge in [0, 0.05) is 6.42 Å². The molecule has 0 radical (unpaired) electrons. The summed E-state index contributed by atoms with van der Waals surface area (Å²) in [6, 6.07) is 8.40. The molecule has 3 rings (SSSR count). The number of ether oxygens (including phenoxy) is 2. The predicted octanol–water partition coefficient (Wildman–Crippen LogP) is 4.74. The molecule has 6 heteroatoms. The van der Waals surface area contributed by atoms with Crippen LogP contribution in [-0.4, -0.2) is 20.3 Å². The molecule has 1 aliphatic heterocycles. The number of fused-ring (bicyclic) bond motifs is 1. The smallest absolute Gasteiger partial charge is 0.161 e. The molecule has 1 unspecified atom stereocenters. The predicted molar refractivity (Wildman–Crippen MR) is 92.7 cm³/mol. The van der Waals surface area contributed by atoms with Gasteiger partial charge in [-0.05, 0) is 68.2 Å². The summed E-state index contributed by atoms with van der Waals surface area (Å²) in [5, 5.41) is 3.37. The van der Waals surface area contributed by atoms with E-state index in [0.29, 0.717) is 13.2 Å². The standard InChI is InChI=1S/C15H15Br2NO2S/c1-18-14(10-8-13(16)21-15(10)17)9-3-4-11-12(7-9)20-6-2-5-19-11/h3-4,7-8,14,18H,2,5-6H2,1H3. The molecule has 3 nitrogen and oxygen atoms in total. The Morgan fingerprint density at radius 1 is 1.14 bits per heavy atom. The molecule has 0 fully saturated rings. The maximum Gasteiger partial charge on any atom is 0.161 e. The summed E-state index contributed by atoms with van der Waals surface area (Å²) in [7, 11) is 1.96. The first-order chi connectivity index (χ1) is 10.2. The minimum atomic E-state index is 0.110. The third kappa shape index (κ3) is 3.28. The molecular weight excluding hydrogens is 418 g/mol. The Morgan fingerprint density at radius 3 is 2.57 bits per heavy atom. The van der Waals surface area contributed by atoms with Crippen LogP contribution in [0.5, 0.6) is 11.5 Å². The molecule has 1 atom stereocenters. The average Bonchev–Trinajstić information content (AvgIpc) is 2.68. The molecule has 1 aliphatic rings. The van der Waals surface area contributed by atoms with Gasteiger partial charge in [-0.25, -0.2) is 0 Å². The highest BCUT2D eigenvalue weighted by atomic mass is 79.9. The Kier molecular flexibility index (Phi) is 4.88. The van der Waals surface area contributed by atoms with Crippen LogP contribution in [0, 0.1) is 0 Å². The van der Waals surface area contributed by atoms with Gasteiger partial charge in [0.25, 0.3) is 0 Å². The SMILES string of the molecule is CNC(c1ccc2c(c1)OCCCO2)c1cc(Br)sc1Br. The molecule has 1 aromatic carbocycles. The van der Waals surface area contributed by atoms with Crippen molar-refractivity contribution in [3.63, 3.8) is 0 Å². The second kappa shape index (κ2) is 6.69. The van der Waals surface area contributed by atoms with E-state index >= 15 is 0 Å². The molecule has 2 aromatic rings. The van der Waals surface area contributed by atoms with E-state index < -0.39 is 0 Å². The van der Waals surface area contributed by atoms with Gasteiger partial charge in [0.15, 0.2) is 11.5 Å². The molecular formula is C15H15Br2NO2S. The van der Waals surface area contributed by atoms with Crippen LogP contribution in [-0.2, 0) is 0 Å². The lowest BCUT2D eigenvalue weighted by Crippen LogP contribution is -2.17. The number of benzene rings is 1. The first-order valence-electron chi connectivity index (χ1n) is 6.70. The van der Waals surface area contributed by atoms with Crippen molar-refractivity contribution in [1.29, 1.82) is 0 Å². The molecule has 1 aromatic heterocycles. The Bertz CT molecular complexity index is 645. The summed E-state index contributed by atoms with van der Waals surface area (Å²) in [6.45, 7) is 1.42. The summed E-state index contributed by atoms with van der Waals surface area (Å²) in [5.74, 6) is 1.66. The van der Waals surface area contributed by atoms with Crippen LogP contribution >= 0.6 is 43.2 Å². The van der Waals surface area contributed by atoms with Crippen LogP contribution in [0.1, 0.15) is 23.6 Å². The zero-order valence-corrected chi connectivity index (χ0v) is 15.5. The van der Waals surface area contributed by atoms with E-state index in [1.165, 1.54) is 5.56 Å². The lowest BCUT2D eigenvalue weighted by molar-refractivity contribution is 0.297. The molecule has 0 saturated heterocycles. The maximum atomic E-state index is 5.78. The summed E-state index contributed by atoms with van der Waals surface area (Å²) >= 11 is 8.85. The molecule has 0 bridgehead atoms. The van der Waals surface area contributed by atoms with E-state index in [2.05, 4.69) is 55.4 Å². The van der Waals surface area contributed by atoms with Crippen LogP contribution in [0.4, 0.5) is 0 Å². The van der Waals surface area contributed by atoms with Crippen molar-refractivity contribution in [2.45, 2.75) is 12.5 Å². The fourth-order valence-corrected chi connectivity index (χ4v) is 5.31. The number of thiophene rings is 1. The average molecular weight is 433 g/mol. The van der Waals surface area contributed by atoms with E-state index in [1.807, 2.05) is 13.1 Å². The first kappa shape index (κ1) is 15.3. The van der Waals surface area contributed by atoms with Crippen LogP contribution in [0.3, 0.4) is 0 Å². The van der Waals surface area contributed by atoms with Gasteiger partial charge in [-0.15, -0.1) is 11.3 Å². The molecule has 1 N–H and O–H groups in total. The maximum absolute atomic E-state index is 5.78. The Labute approximate surface area is 144 Å². The van der Waals surface area contributed by atoms with Crippen LogP contribution in [0.25, 0.3) is 0 Å². The van der Waals surface area contributed by atoms with Crippen LogP contribution in [0.15, 0.2) is 31.8 Å². The Morgan fingerprint density at radius 2 is 1.90 bits per heavy atom. The van der Waals surface area contributed by atoms with E-state index in [-0.39, 0.29) is 6.04 Å². The minimum absolute atomic E-state index is 0.110. The number of nitrogens with one attached hydrogen (secondary N) is 1. The zero-order chi connectivity index (χ0) is 14.8. The zero-order valence-electron chi connectivity index (χ0n) is 11.5. The van der Waals surface area contributed by atoms with Gasteiger partial charge in [-0.1, -0.05) is 6.07 Å². The van der Waals surface area contributed by atoms with Crippen LogP contribution < -0.4 is 14.8 Å². The summed E-state index contributed by atoms with van der Waals surface area (Å²) < 4.78 is 13.7. The topological polar surface area (TPSA) is 30.5 Å². The number of halogens is 2. The molecule has 0 aliphatic carbocycles. The van der Waals surface area contributed by atoms with Crippen molar-refractivity contribution in [2.24, 2.45) is 0 Å². The molecule has 21 heavy (non-hydrogen) atoms. The van der Waals surface area contributed by atoms with Gasteiger partial charge in [0.1, 0.15) is 0 Å². The third-order valence-corrected chi connectivity index (χ3v) is 5.77. The van der Waals surface area contributed by atoms with E-state index in [4.69, 9.17) is 9.47 Å². The number of hydrogen-bond acceptors (Lipinski definition) is 4. The third-order valence-electron chi connectivity index (χ3n) is 3.39. The fraction of sp³-hybridized carbons (Fsp3) is 0.333. The number of rotatable bonds is 3. The van der Waals surface area contributed by atoms with Crippen LogP contribution in [0.2, 0.25) is 0 Å². The van der Waals surface area contributed by atoms with Gasteiger partial charge in [0.05, 0.1) is 26.8 Å². The van der Waals surface area contributed by atoms with Gasteiger partial charge in [-0.3, -0.25) is 0 Å². The van der Waals surface area contributed by atoms with E-state index in [9.17, 15) is 0 Å². The van der Waals surface area contributed by atoms with Crippen molar-refractivity contribution in [2.75, 3.05) is 20.3 Å². The van der Waals surface area contributed by atoms with Crippen molar-refractivity contribution >= 4 is 43.2 Å². The molecule has 0 amide bonds. The minimum Gasteiger partial charge on any atom is -0.490 e. The van der Waals surface area contributed by atoms with Gasteiger partial charge < -0.3 is 14.8 Å². The molecule has 2 heterocycles. The summed E-state index contributed by atoms with van der Waals surface area (Å²) in [6.07, 6.45) is 0.919. The molecule has 112 valence electrons. The van der Waals surface area contributed by atoms with Crippen molar-refractivity contribution < 1.29 is 9.47 Å². The lowest BCUT2D eigenvalue weighted by Gasteiger charge is -2.18. The monoisotopic (exact) mass is 431 g/mol. The van der Waals surface area contributed by atoms with Gasteiger partial charge >= 0.3 is 0 Å². The summed E-state index contributed by atoms with van der Waals surface area (Å²) in [4.78, 5) is 0. The highest BCUT2D eigenvalue weighted by Gasteiger charge is 2.20. The Hall–Kier alpha value is -0.560. The quantitative estimate of drug-likeness (QED) is 0.759. The largest absolute Gasteiger partial charge is 0.490 e. The van der Waals surface area contributed by atoms with Crippen molar-refractivity contribution in [3.8, 4) is 11.5 Å². The van der Waals surface area contributed by atoms with Gasteiger partial charge in [0.2, 0.25) is 0 Å². The highest BCUT2D eigenvalue weighted by Crippen LogP contribution is 2.40. The lowest BCUT2D eigenvalue weighted by atomic mass is 10.0. The number of hydrogen-bond donors (Lipinski definition) is 1. The van der Waals surface area contributed by atoms with Crippen molar-refractivity contribution in [1.82, 2.24) is 5.32 Å². The normalized spacial score (nSPS) is 15.6. The summed E-state index contributed by atoms with van der Waals surface area (Å²) in [5.41, 5.74) is 2.37. The second-order valence-corrected chi connectivity index (χ2v) is 8.51. The first-order valence-corrected chi connectivity index (χ1v) is 9.11.